The van der Waals surface area contributed by atoms with E-state index in [-0.39, 0.29) is 0 Å². The van der Waals surface area contributed by atoms with Gasteiger partial charge in [-0.3, -0.25) is 0 Å². The van der Waals surface area contributed by atoms with E-state index >= 15 is 0 Å². The van der Waals surface area contributed by atoms with Crippen LogP contribution in [0.2, 0.25) is 0 Å². The maximum Gasteiger partial charge on any atom is 0.0746 e. The van der Waals surface area contributed by atoms with Crippen LogP contribution in [0.15, 0.2) is 188 Å². The normalized spacial score (nSPS) is 13.3. The van der Waals surface area contributed by atoms with Crippen LogP contribution in [-0.2, 0) is 5.41 Å². The Labute approximate surface area is 301 Å². The van der Waals surface area contributed by atoms with Crippen LogP contribution in [0.4, 0.5) is 17.1 Å². The third-order valence-electron chi connectivity index (χ3n) is 11.1. The smallest absolute Gasteiger partial charge is 0.0746 e. The molecule has 1 spiro atoms. The molecule has 0 atom stereocenters. The maximum atomic E-state index is 2.55. The van der Waals surface area contributed by atoms with Gasteiger partial charge in [0.15, 0.2) is 0 Å². The minimum absolute atomic E-state index is 0.470. The van der Waals surface area contributed by atoms with Crippen LogP contribution in [0.3, 0.4) is 0 Å². The third kappa shape index (κ3) is 3.91. The van der Waals surface area contributed by atoms with Crippen molar-refractivity contribution in [3.05, 3.63) is 210 Å². The van der Waals surface area contributed by atoms with E-state index in [0.717, 1.165) is 5.69 Å². The highest BCUT2D eigenvalue weighted by atomic mass is 32.1. The summed E-state index contributed by atoms with van der Waals surface area (Å²) >= 11 is 1.87. The first-order valence-electron chi connectivity index (χ1n) is 17.6. The molecule has 0 bridgehead atoms. The topological polar surface area (TPSA) is 3.24 Å². The maximum absolute atomic E-state index is 2.55. The Balaban J connectivity index is 1.26. The van der Waals surface area contributed by atoms with Crippen LogP contribution < -0.4 is 4.90 Å². The monoisotopic (exact) mass is 665 g/mol. The van der Waals surface area contributed by atoms with Gasteiger partial charge in [0.1, 0.15) is 0 Å². The molecule has 2 heteroatoms. The van der Waals surface area contributed by atoms with Crippen LogP contribution in [0, 0.1) is 0 Å². The molecule has 0 radical (unpaired) electrons. The van der Waals surface area contributed by atoms with E-state index in [2.05, 4.69) is 193 Å². The molecule has 11 rings (SSSR count). The van der Waals surface area contributed by atoms with Crippen molar-refractivity contribution in [1.82, 2.24) is 0 Å². The highest BCUT2D eigenvalue weighted by Gasteiger charge is 2.53. The number of nitrogens with zero attached hydrogens (tertiary/aromatic N) is 1. The van der Waals surface area contributed by atoms with Crippen molar-refractivity contribution < 1.29 is 0 Å². The van der Waals surface area contributed by atoms with Crippen molar-refractivity contribution in [1.29, 1.82) is 0 Å². The predicted molar refractivity (Wildman–Crippen MR) is 216 cm³/mol. The molecule has 8 aromatic carbocycles. The molecule has 1 aromatic heterocycles. The van der Waals surface area contributed by atoms with Crippen molar-refractivity contribution in [2.24, 2.45) is 0 Å². The summed E-state index contributed by atoms with van der Waals surface area (Å²) in [5.74, 6) is 0. The molecule has 238 valence electrons. The highest BCUT2D eigenvalue weighted by molar-refractivity contribution is 7.26. The van der Waals surface area contributed by atoms with E-state index in [9.17, 15) is 0 Å². The van der Waals surface area contributed by atoms with Gasteiger partial charge in [0.05, 0.1) is 16.8 Å². The largest absolute Gasteiger partial charge is 0.309 e. The molecular weight excluding hydrogens is 635 g/mol. The van der Waals surface area contributed by atoms with Gasteiger partial charge in [0, 0.05) is 31.4 Å². The first kappa shape index (κ1) is 28.6. The number of thiophene rings is 1. The summed E-state index contributed by atoms with van der Waals surface area (Å²) in [6, 6.07) is 69.7. The number of hydrogen-bond donors (Lipinski definition) is 0. The molecular formula is C49H31NS. The Morgan fingerprint density at radius 2 is 0.882 bits per heavy atom. The zero-order chi connectivity index (χ0) is 33.5. The zero-order valence-corrected chi connectivity index (χ0v) is 28.6. The summed E-state index contributed by atoms with van der Waals surface area (Å²) in [5, 5.41) is 2.58. The minimum atomic E-state index is -0.470. The minimum Gasteiger partial charge on any atom is -0.309 e. The molecule has 1 nitrogen and oxygen atoms in total. The lowest BCUT2D eigenvalue weighted by Crippen LogP contribution is -2.28. The Morgan fingerprint density at radius 3 is 1.59 bits per heavy atom. The molecule has 0 aliphatic heterocycles. The summed E-state index contributed by atoms with van der Waals surface area (Å²) in [6.45, 7) is 0. The molecule has 0 fully saturated rings. The zero-order valence-electron chi connectivity index (χ0n) is 27.8. The van der Waals surface area contributed by atoms with Gasteiger partial charge in [-0.1, -0.05) is 152 Å². The Hall–Kier alpha value is -6.22. The van der Waals surface area contributed by atoms with Crippen LogP contribution in [0.25, 0.3) is 53.6 Å². The average Bonchev–Trinajstić information content (AvgIpc) is 3.84. The summed E-state index contributed by atoms with van der Waals surface area (Å²) in [7, 11) is 0. The molecule has 1 heterocycles. The van der Waals surface area contributed by atoms with Gasteiger partial charge in [0.2, 0.25) is 0 Å². The van der Waals surface area contributed by atoms with Crippen LogP contribution in [0.5, 0.6) is 0 Å². The summed E-state index contributed by atoms with van der Waals surface area (Å²) < 4.78 is 2.60. The molecule has 0 N–H and O–H groups in total. The Bertz CT molecular complexity index is 2750. The number of hydrogen-bond acceptors (Lipinski definition) is 2. The van der Waals surface area contributed by atoms with E-state index in [1.54, 1.807) is 0 Å². The van der Waals surface area contributed by atoms with E-state index in [0.29, 0.717) is 0 Å². The fourth-order valence-electron chi connectivity index (χ4n) is 9.10. The standard InChI is InChI=1S/C49H31NS/c1-2-14-32(15-3-1)33-28-30-34(31-29-33)50(43-24-13-27-46-47(43)39-19-7-11-26-45(39)51-46)44-25-12-20-38-37-18-6-10-23-42(37)49(48(38)44)40-21-8-4-16-35(40)36-17-5-9-22-41(36)49/h1-31H. The van der Waals surface area contributed by atoms with Crippen LogP contribution >= 0.6 is 11.3 Å². The van der Waals surface area contributed by atoms with Crippen LogP contribution in [-0.4, -0.2) is 0 Å². The lowest BCUT2D eigenvalue weighted by Gasteiger charge is -2.36. The first-order chi connectivity index (χ1) is 25.3. The summed E-state index contributed by atoms with van der Waals surface area (Å²) in [4.78, 5) is 2.55. The lowest BCUT2D eigenvalue weighted by molar-refractivity contribution is 0.793. The molecule has 0 amide bonds. The second-order valence-electron chi connectivity index (χ2n) is 13.6. The second kappa shape index (κ2) is 10.9. The first-order valence-corrected chi connectivity index (χ1v) is 18.4. The highest BCUT2D eigenvalue weighted by Crippen LogP contribution is 2.65. The van der Waals surface area contributed by atoms with Gasteiger partial charge in [-0.05, 0) is 86.5 Å². The van der Waals surface area contributed by atoms with Crippen molar-refractivity contribution in [3.63, 3.8) is 0 Å². The van der Waals surface area contributed by atoms with Crippen molar-refractivity contribution in [2.75, 3.05) is 4.90 Å². The lowest BCUT2D eigenvalue weighted by atomic mass is 9.70. The van der Waals surface area contributed by atoms with E-state index in [1.807, 2.05) is 11.3 Å². The van der Waals surface area contributed by atoms with Gasteiger partial charge in [-0.2, -0.15) is 0 Å². The number of benzene rings is 8. The summed E-state index contributed by atoms with van der Waals surface area (Å²) in [5.41, 5.74) is 16.1. The number of anilines is 3. The number of fused-ring (bicyclic) bond motifs is 13. The van der Waals surface area contributed by atoms with Gasteiger partial charge in [-0.15, -0.1) is 11.3 Å². The fraction of sp³-hybridized carbons (Fsp3) is 0.0204. The van der Waals surface area contributed by atoms with Gasteiger partial charge in [0.25, 0.3) is 0 Å². The van der Waals surface area contributed by atoms with E-state index in [4.69, 9.17) is 0 Å². The molecule has 2 aliphatic rings. The molecule has 51 heavy (non-hydrogen) atoms. The Morgan fingerprint density at radius 1 is 0.373 bits per heavy atom. The molecule has 2 aliphatic carbocycles. The molecule has 9 aromatic rings. The summed E-state index contributed by atoms with van der Waals surface area (Å²) in [6.07, 6.45) is 0. The third-order valence-corrected chi connectivity index (χ3v) is 12.2. The van der Waals surface area contributed by atoms with E-state index < -0.39 is 5.41 Å². The van der Waals surface area contributed by atoms with Crippen molar-refractivity contribution in [2.45, 2.75) is 5.41 Å². The van der Waals surface area contributed by atoms with Crippen LogP contribution in [0.1, 0.15) is 22.3 Å². The number of rotatable bonds is 4. The molecule has 0 unspecified atom stereocenters. The van der Waals surface area contributed by atoms with Crippen molar-refractivity contribution >= 4 is 48.6 Å². The van der Waals surface area contributed by atoms with Gasteiger partial charge < -0.3 is 4.90 Å². The van der Waals surface area contributed by atoms with Gasteiger partial charge in [-0.25, -0.2) is 0 Å². The predicted octanol–water partition coefficient (Wildman–Crippen LogP) is 13.5. The molecule has 0 saturated carbocycles. The van der Waals surface area contributed by atoms with Crippen molar-refractivity contribution in [3.8, 4) is 33.4 Å². The average molecular weight is 666 g/mol. The Kier molecular flexibility index (Phi) is 6.11. The second-order valence-corrected chi connectivity index (χ2v) is 14.7. The SMILES string of the molecule is c1ccc(-c2ccc(N(c3cccc4c3C3(c5ccccc5-c5ccccc53)c3ccccc3-4)c3cccc4sc5ccccc5c34)cc2)cc1. The molecule has 0 saturated heterocycles. The fourth-order valence-corrected chi connectivity index (χ4v) is 10.2. The quantitative estimate of drug-likeness (QED) is 0.181. The van der Waals surface area contributed by atoms with Gasteiger partial charge >= 0.3 is 0 Å². The van der Waals surface area contributed by atoms with E-state index in [1.165, 1.54) is 87.2 Å².